The van der Waals surface area contributed by atoms with E-state index in [9.17, 15) is 10.2 Å². The van der Waals surface area contributed by atoms with Crippen molar-refractivity contribution in [3.05, 3.63) is 59.7 Å². The third-order valence-electron chi connectivity index (χ3n) is 9.75. The van der Waals surface area contributed by atoms with Crippen molar-refractivity contribution >= 4 is 49.0 Å². The third kappa shape index (κ3) is 4.25. The lowest BCUT2D eigenvalue weighted by Gasteiger charge is -2.49. The first-order valence-corrected chi connectivity index (χ1v) is 19.7. The van der Waals surface area contributed by atoms with Gasteiger partial charge in [0.2, 0.25) is 0 Å². The van der Waals surface area contributed by atoms with Gasteiger partial charge >= 0.3 is 0 Å². The predicted molar refractivity (Wildman–Crippen MR) is 164 cm³/mol. The number of fused-ring (bicyclic) bond motifs is 2. The molecule has 0 spiro atoms. The summed E-state index contributed by atoms with van der Waals surface area (Å²) < 4.78 is 14.1. The molecule has 2 N–H and O–H groups in total. The molecule has 0 bridgehead atoms. The van der Waals surface area contributed by atoms with Gasteiger partial charge < -0.3 is 19.1 Å². The quantitative estimate of drug-likeness (QED) is 0.198. The van der Waals surface area contributed by atoms with E-state index in [4.69, 9.17) is 8.85 Å². The van der Waals surface area contributed by atoms with E-state index in [1.165, 1.54) is 16.2 Å². The summed E-state index contributed by atoms with van der Waals surface area (Å²) in [5.74, 6) is 0. The third-order valence-corrected chi connectivity index (χ3v) is 18.7. The SMILES string of the molecule is CC(C)(C)[Si](C)(C)O[C@@H]1[C@H](O)[C@H](O)c2c(cc3ccc4cccc5ccc2c3c45)[C@H]1O[Si](C)(C)C(C)(C)C. The van der Waals surface area contributed by atoms with E-state index in [1.54, 1.807) is 0 Å². The molecule has 1 aliphatic rings. The lowest BCUT2D eigenvalue weighted by atomic mass is 9.78. The monoisotopic (exact) mass is 548 g/mol. The van der Waals surface area contributed by atoms with Crippen molar-refractivity contribution in [1.29, 1.82) is 0 Å². The Morgan fingerprint density at radius 2 is 1.21 bits per heavy atom. The molecule has 0 heterocycles. The molecule has 0 saturated carbocycles. The van der Waals surface area contributed by atoms with Crippen LogP contribution in [0.25, 0.3) is 32.3 Å². The second kappa shape index (κ2) is 8.85. The number of hydrogen-bond acceptors (Lipinski definition) is 4. The standard InChI is InChI=1S/C32H44O4Si2/c1-31(2,3)37(7,8)35-29-23-18-21-15-14-19-12-11-13-20-16-17-22(25(21)24(19)20)26(23)27(33)28(34)30(29)36-38(9,10)32(4,5)6/h11-18,27-30,33-34H,1-10H3/t27-,28-,29-,30-/m1/s1. The largest absolute Gasteiger partial charge is 0.408 e. The summed E-state index contributed by atoms with van der Waals surface area (Å²) in [6.45, 7) is 22.2. The van der Waals surface area contributed by atoms with E-state index in [1.807, 2.05) is 0 Å². The molecule has 4 aromatic carbocycles. The number of hydrogen-bond donors (Lipinski definition) is 2. The van der Waals surface area contributed by atoms with Gasteiger partial charge in [-0.1, -0.05) is 84.0 Å². The Hall–Kier alpha value is -1.81. The molecule has 0 unspecified atom stereocenters. The van der Waals surface area contributed by atoms with Crippen LogP contribution < -0.4 is 0 Å². The Labute approximate surface area is 229 Å². The van der Waals surface area contributed by atoms with Crippen molar-refractivity contribution in [2.24, 2.45) is 0 Å². The van der Waals surface area contributed by atoms with Gasteiger partial charge in [0, 0.05) is 0 Å². The van der Waals surface area contributed by atoms with E-state index in [2.05, 4.69) is 116 Å². The summed E-state index contributed by atoms with van der Waals surface area (Å²) in [4.78, 5) is 0. The fourth-order valence-corrected chi connectivity index (χ4v) is 7.95. The Balaban J connectivity index is 1.79. The fourth-order valence-electron chi connectivity index (χ4n) is 5.40. The van der Waals surface area contributed by atoms with Gasteiger partial charge in [-0.3, -0.25) is 0 Å². The highest BCUT2D eigenvalue weighted by atomic mass is 28.4. The zero-order valence-electron chi connectivity index (χ0n) is 24.6. The van der Waals surface area contributed by atoms with Crippen LogP contribution in [0.2, 0.25) is 36.3 Å². The van der Waals surface area contributed by atoms with Crippen molar-refractivity contribution < 1.29 is 19.1 Å². The minimum atomic E-state index is -2.30. The highest BCUT2D eigenvalue weighted by molar-refractivity contribution is 6.74. The maximum atomic E-state index is 11.8. The molecule has 204 valence electrons. The van der Waals surface area contributed by atoms with Gasteiger partial charge in [-0.25, -0.2) is 0 Å². The van der Waals surface area contributed by atoms with Crippen LogP contribution in [0.3, 0.4) is 0 Å². The molecule has 0 aliphatic heterocycles. The van der Waals surface area contributed by atoms with E-state index in [0.717, 1.165) is 27.3 Å². The Morgan fingerprint density at radius 1 is 0.684 bits per heavy atom. The van der Waals surface area contributed by atoms with Crippen LogP contribution in [0.4, 0.5) is 0 Å². The van der Waals surface area contributed by atoms with Crippen LogP contribution in [0.1, 0.15) is 64.9 Å². The topological polar surface area (TPSA) is 58.9 Å². The molecule has 0 saturated heterocycles. The first-order chi connectivity index (χ1) is 17.4. The summed E-state index contributed by atoms with van der Waals surface area (Å²) in [6.07, 6.45) is -3.28. The lowest BCUT2D eigenvalue weighted by Crippen LogP contribution is -2.55. The summed E-state index contributed by atoms with van der Waals surface area (Å²) in [7, 11) is -4.58. The average Bonchev–Trinajstić information content (AvgIpc) is 2.81. The van der Waals surface area contributed by atoms with Gasteiger partial charge in [-0.15, -0.1) is 0 Å². The minimum Gasteiger partial charge on any atom is -0.408 e. The Bertz CT molecular complexity index is 1480. The van der Waals surface area contributed by atoms with Gasteiger partial charge in [0.25, 0.3) is 0 Å². The van der Waals surface area contributed by atoms with Gasteiger partial charge in [0.15, 0.2) is 16.6 Å². The zero-order valence-corrected chi connectivity index (χ0v) is 26.6. The van der Waals surface area contributed by atoms with E-state index in [0.29, 0.717) is 0 Å². The maximum absolute atomic E-state index is 11.8. The number of benzene rings is 4. The van der Waals surface area contributed by atoms with Crippen molar-refractivity contribution in [2.45, 2.75) is 102 Å². The molecular formula is C32H44O4Si2. The van der Waals surface area contributed by atoms with E-state index >= 15 is 0 Å². The second-order valence-corrected chi connectivity index (χ2v) is 23.8. The number of aliphatic hydroxyl groups excluding tert-OH is 2. The molecule has 5 rings (SSSR count). The van der Waals surface area contributed by atoms with Crippen molar-refractivity contribution in [2.75, 3.05) is 0 Å². The Kier molecular flexibility index (Phi) is 6.46. The molecule has 4 nitrogen and oxygen atoms in total. The van der Waals surface area contributed by atoms with Crippen LogP contribution in [0.5, 0.6) is 0 Å². The van der Waals surface area contributed by atoms with Crippen LogP contribution in [0, 0.1) is 0 Å². The molecule has 0 radical (unpaired) electrons. The summed E-state index contributed by atoms with van der Waals surface area (Å²) >= 11 is 0. The first kappa shape index (κ1) is 27.7. The maximum Gasteiger partial charge on any atom is 0.193 e. The van der Waals surface area contributed by atoms with Crippen molar-refractivity contribution in [1.82, 2.24) is 0 Å². The molecule has 4 aromatic rings. The fraction of sp³-hybridized carbons (Fsp3) is 0.500. The smallest absolute Gasteiger partial charge is 0.193 e. The predicted octanol–water partition coefficient (Wildman–Crippen LogP) is 8.45. The molecule has 0 fully saturated rings. The lowest BCUT2D eigenvalue weighted by molar-refractivity contribution is -0.109. The average molecular weight is 549 g/mol. The summed E-state index contributed by atoms with van der Waals surface area (Å²) in [5.41, 5.74) is 1.73. The van der Waals surface area contributed by atoms with E-state index < -0.39 is 41.1 Å². The minimum absolute atomic E-state index is 0.0220. The van der Waals surface area contributed by atoms with Gasteiger partial charge in [0.1, 0.15) is 18.3 Å². The molecule has 4 atom stereocenters. The van der Waals surface area contributed by atoms with E-state index in [-0.39, 0.29) is 10.1 Å². The van der Waals surface area contributed by atoms with Crippen molar-refractivity contribution in [3.8, 4) is 0 Å². The Morgan fingerprint density at radius 3 is 1.79 bits per heavy atom. The van der Waals surface area contributed by atoms with Crippen molar-refractivity contribution in [3.63, 3.8) is 0 Å². The number of rotatable bonds is 4. The number of aliphatic hydroxyl groups is 2. The molecule has 38 heavy (non-hydrogen) atoms. The normalized spacial score (nSPS) is 23.5. The second-order valence-electron chi connectivity index (χ2n) is 14.3. The van der Waals surface area contributed by atoms with Crippen LogP contribution in [-0.2, 0) is 8.85 Å². The summed E-state index contributed by atoms with van der Waals surface area (Å²) in [6, 6.07) is 17.1. The molecule has 0 aromatic heterocycles. The molecule has 6 heteroatoms. The van der Waals surface area contributed by atoms with Crippen LogP contribution in [0.15, 0.2) is 48.5 Å². The highest BCUT2D eigenvalue weighted by Gasteiger charge is 2.51. The zero-order chi connectivity index (χ0) is 28.0. The van der Waals surface area contributed by atoms with Gasteiger partial charge in [0.05, 0.1) is 6.10 Å². The van der Waals surface area contributed by atoms with Crippen LogP contribution >= 0.6 is 0 Å². The molecule has 0 amide bonds. The first-order valence-electron chi connectivity index (χ1n) is 13.9. The molecule has 1 aliphatic carbocycles. The van der Waals surface area contributed by atoms with Gasteiger partial charge in [-0.2, -0.15) is 0 Å². The molecular weight excluding hydrogens is 505 g/mol. The highest BCUT2D eigenvalue weighted by Crippen LogP contribution is 2.51. The van der Waals surface area contributed by atoms with Crippen LogP contribution in [-0.4, -0.2) is 39.1 Å². The van der Waals surface area contributed by atoms with Gasteiger partial charge in [-0.05, 0) is 85.8 Å². The summed E-state index contributed by atoms with van der Waals surface area (Å²) in [5, 5.41) is 30.3.